The Labute approximate surface area is 192 Å². The van der Waals surface area contributed by atoms with Gasteiger partial charge in [0.1, 0.15) is 12.0 Å². The number of allylic oxidation sites excluding steroid dienone is 2. The molecular formula is C26H29F3N4. The molecule has 2 aromatic carbocycles. The number of hydrogen-bond donors (Lipinski definition) is 3. The molecule has 2 aliphatic rings. The molecule has 7 heteroatoms. The van der Waals surface area contributed by atoms with Crippen LogP contribution in [-0.2, 0) is 6.18 Å². The molecule has 1 heterocycles. The summed E-state index contributed by atoms with van der Waals surface area (Å²) in [4.78, 5) is 4.68. The molecule has 0 radical (unpaired) electrons. The number of halogens is 3. The number of benzene rings is 2. The first-order valence-corrected chi connectivity index (χ1v) is 11.4. The fourth-order valence-electron chi connectivity index (χ4n) is 4.36. The molecule has 1 aliphatic heterocycles. The van der Waals surface area contributed by atoms with Crippen molar-refractivity contribution in [3.05, 3.63) is 88.8 Å². The van der Waals surface area contributed by atoms with Crippen molar-refractivity contribution in [2.75, 3.05) is 11.9 Å². The zero-order chi connectivity index (χ0) is 23.4. The van der Waals surface area contributed by atoms with E-state index in [1.165, 1.54) is 17.8 Å². The maximum Gasteiger partial charge on any atom is 0.416 e. The fraction of sp³-hybridized carbons (Fsp3) is 0.346. The topological polar surface area (TPSA) is 48.5 Å². The molecule has 0 aromatic heterocycles. The smallest absolute Gasteiger partial charge is 0.388 e. The molecule has 174 valence electrons. The highest BCUT2D eigenvalue weighted by Crippen LogP contribution is 2.38. The van der Waals surface area contributed by atoms with Gasteiger partial charge in [0.2, 0.25) is 0 Å². The Morgan fingerprint density at radius 3 is 2.61 bits per heavy atom. The van der Waals surface area contributed by atoms with Crippen LogP contribution in [0.15, 0.2) is 77.1 Å². The van der Waals surface area contributed by atoms with Crippen molar-refractivity contribution in [1.29, 1.82) is 0 Å². The minimum Gasteiger partial charge on any atom is -0.388 e. The summed E-state index contributed by atoms with van der Waals surface area (Å²) in [5, 5.41) is 10.0. The van der Waals surface area contributed by atoms with Crippen molar-refractivity contribution in [2.45, 2.75) is 51.4 Å². The lowest BCUT2D eigenvalue weighted by molar-refractivity contribution is -0.138. The Hall–Kier alpha value is -3.22. The van der Waals surface area contributed by atoms with Gasteiger partial charge >= 0.3 is 6.18 Å². The van der Waals surface area contributed by atoms with Crippen LogP contribution >= 0.6 is 0 Å². The number of para-hydroxylation sites is 1. The molecular weight excluding hydrogens is 425 g/mol. The molecule has 2 aromatic rings. The fourth-order valence-corrected chi connectivity index (χ4v) is 4.36. The van der Waals surface area contributed by atoms with Crippen LogP contribution in [-0.4, -0.2) is 12.4 Å². The standard InChI is InChI=1S/C26H29F3N4/c1-3-16-30-22-14-8-5-10-18(22)17(2)31-25-20-12-6-9-15-23(20)32-24(33-25)19-11-4-7-13-21(19)26(27,28)29/h4,6-7,9,11-13,15,24,30,32H,2-3,5,8,10,14,16H2,1H3,(H,31,33). The molecule has 0 amide bonds. The largest absolute Gasteiger partial charge is 0.416 e. The average Bonchev–Trinajstić information content (AvgIpc) is 2.82. The second-order valence-electron chi connectivity index (χ2n) is 8.35. The van der Waals surface area contributed by atoms with Gasteiger partial charge in [-0.25, -0.2) is 4.99 Å². The van der Waals surface area contributed by atoms with Gasteiger partial charge in [0, 0.05) is 34.8 Å². The number of fused-ring (bicyclic) bond motifs is 1. The lowest BCUT2D eigenvalue weighted by atomic mass is 9.94. The van der Waals surface area contributed by atoms with Gasteiger partial charge in [-0.2, -0.15) is 13.2 Å². The van der Waals surface area contributed by atoms with E-state index in [1.807, 2.05) is 24.3 Å². The molecule has 0 spiro atoms. The summed E-state index contributed by atoms with van der Waals surface area (Å²) in [5.41, 5.74) is 4.01. The monoisotopic (exact) mass is 454 g/mol. The Kier molecular flexibility index (Phi) is 6.77. The van der Waals surface area contributed by atoms with Crippen LogP contribution in [0.5, 0.6) is 0 Å². The van der Waals surface area contributed by atoms with E-state index in [4.69, 9.17) is 0 Å². The van der Waals surface area contributed by atoms with Crippen molar-refractivity contribution in [1.82, 2.24) is 10.6 Å². The van der Waals surface area contributed by atoms with Crippen molar-refractivity contribution in [2.24, 2.45) is 4.99 Å². The van der Waals surface area contributed by atoms with Gasteiger partial charge in [-0.15, -0.1) is 0 Å². The van der Waals surface area contributed by atoms with E-state index in [0.29, 0.717) is 5.84 Å². The summed E-state index contributed by atoms with van der Waals surface area (Å²) in [6, 6.07) is 13.1. The molecule has 1 atom stereocenters. The first-order chi connectivity index (χ1) is 15.9. The predicted molar refractivity (Wildman–Crippen MR) is 127 cm³/mol. The van der Waals surface area contributed by atoms with Crippen LogP contribution in [0.4, 0.5) is 18.9 Å². The van der Waals surface area contributed by atoms with Gasteiger partial charge in [0.05, 0.1) is 5.56 Å². The van der Waals surface area contributed by atoms with Gasteiger partial charge < -0.3 is 16.0 Å². The van der Waals surface area contributed by atoms with Crippen LogP contribution in [0.1, 0.15) is 61.9 Å². The van der Waals surface area contributed by atoms with E-state index in [2.05, 4.69) is 34.4 Å². The second kappa shape index (κ2) is 9.73. The number of anilines is 1. The summed E-state index contributed by atoms with van der Waals surface area (Å²) in [6.45, 7) is 7.29. The van der Waals surface area contributed by atoms with E-state index in [0.717, 1.165) is 67.2 Å². The van der Waals surface area contributed by atoms with E-state index in [9.17, 15) is 13.2 Å². The number of amidine groups is 1. The average molecular weight is 455 g/mol. The van der Waals surface area contributed by atoms with E-state index in [1.54, 1.807) is 6.07 Å². The quantitative estimate of drug-likeness (QED) is 0.467. The van der Waals surface area contributed by atoms with Crippen molar-refractivity contribution >= 4 is 11.5 Å². The summed E-state index contributed by atoms with van der Waals surface area (Å²) in [5.74, 6) is 0.518. The van der Waals surface area contributed by atoms with Gasteiger partial charge in [-0.3, -0.25) is 0 Å². The normalized spacial score (nSPS) is 18.2. The van der Waals surface area contributed by atoms with Gasteiger partial charge in [0.15, 0.2) is 0 Å². The van der Waals surface area contributed by atoms with E-state index >= 15 is 0 Å². The molecule has 1 aliphatic carbocycles. The zero-order valence-electron chi connectivity index (χ0n) is 18.7. The Morgan fingerprint density at radius 1 is 1.09 bits per heavy atom. The summed E-state index contributed by atoms with van der Waals surface area (Å²) >= 11 is 0. The van der Waals surface area contributed by atoms with Crippen LogP contribution in [0.25, 0.3) is 0 Å². The maximum atomic E-state index is 13.7. The second-order valence-corrected chi connectivity index (χ2v) is 8.35. The lowest BCUT2D eigenvalue weighted by Crippen LogP contribution is -2.32. The van der Waals surface area contributed by atoms with E-state index < -0.39 is 17.9 Å². The molecule has 3 N–H and O–H groups in total. The number of hydrogen-bond acceptors (Lipinski definition) is 4. The number of alkyl halides is 3. The Morgan fingerprint density at radius 2 is 1.82 bits per heavy atom. The van der Waals surface area contributed by atoms with Gasteiger partial charge in [-0.05, 0) is 55.9 Å². The molecule has 1 unspecified atom stereocenters. The number of aliphatic imine (C=N–C) groups is 1. The van der Waals surface area contributed by atoms with E-state index in [-0.39, 0.29) is 5.56 Å². The third-order valence-corrected chi connectivity index (χ3v) is 5.98. The summed E-state index contributed by atoms with van der Waals surface area (Å²) in [7, 11) is 0. The highest BCUT2D eigenvalue weighted by molar-refractivity contribution is 6.06. The molecule has 0 saturated heterocycles. The molecule has 0 bridgehead atoms. The van der Waals surface area contributed by atoms with Crippen LogP contribution in [0.2, 0.25) is 0 Å². The zero-order valence-corrected chi connectivity index (χ0v) is 18.7. The third kappa shape index (κ3) is 5.07. The molecule has 4 nitrogen and oxygen atoms in total. The molecule has 4 rings (SSSR count). The predicted octanol–water partition coefficient (Wildman–Crippen LogP) is 6.51. The number of rotatable bonds is 6. The van der Waals surface area contributed by atoms with Crippen molar-refractivity contribution in [3.8, 4) is 0 Å². The summed E-state index contributed by atoms with van der Waals surface area (Å²) in [6.07, 6.45) is -0.205. The highest BCUT2D eigenvalue weighted by Gasteiger charge is 2.36. The Balaban J connectivity index is 1.70. The minimum absolute atomic E-state index is 0.0894. The minimum atomic E-state index is -4.46. The van der Waals surface area contributed by atoms with Crippen LogP contribution in [0.3, 0.4) is 0 Å². The molecule has 0 fully saturated rings. The molecule has 33 heavy (non-hydrogen) atoms. The Bertz CT molecular complexity index is 1080. The van der Waals surface area contributed by atoms with Gasteiger partial charge in [0.25, 0.3) is 0 Å². The summed E-state index contributed by atoms with van der Waals surface area (Å²) < 4.78 is 41.0. The molecule has 0 saturated carbocycles. The first kappa shape index (κ1) is 23.0. The highest BCUT2D eigenvalue weighted by atomic mass is 19.4. The van der Waals surface area contributed by atoms with Crippen molar-refractivity contribution in [3.63, 3.8) is 0 Å². The van der Waals surface area contributed by atoms with Crippen LogP contribution in [0, 0.1) is 0 Å². The number of nitrogens with zero attached hydrogens (tertiary/aromatic N) is 1. The third-order valence-electron chi connectivity index (χ3n) is 5.98. The number of nitrogens with one attached hydrogen (secondary N) is 3. The van der Waals surface area contributed by atoms with Crippen molar-refractivity contribution < 1.29 is 13.2 Å². The first-order valence-electron chi connectivity index (χ1n) is 11.4. The maximum absolute atomic E-state index is 13.7. The lowest BCUT2D eigenvalue weighted by Gasteiger charge is -2.29. The SMILES string of the molecule is C=C(NC1=NC(c2ccccc2C(F)(F)F)Nc2ccccc21)C1=C(NCCC)CCCC1. The van der Waals surface area contributed by atoms with Gasteiger partial charge in [-0.1, -0.05) is 43.8 Å². The van der Waals surface area contributed by atoms with Crippen LogP contribution < -0.4 is 16.0 Å².